The summed E-state index contributed by atoms with van der Waals surface area (Å²) in [7, 11) is 0. The summed E-state index contributed by atoms with van der Waals surface area (Å²) >= 11 is 3.42. The summed E-state index contributed by atoms with van der Waals surface area (Å²) in [5, 5.41) is 0. The molecule has 0 aromatic heterocycles. The molecule has 0 N–H and O–H groups in total. The van der Waals surface area contributed by atoms with Gasteiger partial charge in [-0.1, -0.05) is 64.5 Å². The molecule has 0 bridgehead atoms. The molecule has 0 amide bonds. The van der Waals surface area contributed by atoms with Crippen LogP contribution in [0.2, 0.25) is 0 Å². The number of carbonyl (C=O) groups excluding carboxylic acids is 2. The molecule has 0 saturated carbocycles. The summed E-state index contributed by atoms with van der Waals surface area (Å²) in [5.41, 5.74) is 2.63. The Balaban J connectivity index is 2.26. The fourth-order valence-electron chi connectivity index (χ4n) is 2.56. The highest BCUT2D eigenvalue weighted by Gasteiger charge is 2.52. The maximum absolute atomic E-state index is 12.6. The number of aryl methyl sites for hydroxylation is 1. The zero-order chi connectivity index (χ0) is 13.6. The highest BCUT2D eigenvalue weighted by molar-refractivity contribution is 9.10. The number of hydrogen-bond acceptors (Lipinski definition) is 2. The molecule has 1 aliphatic rings. The van der Waals surface area contributed by atoms with E-state index in [4.69, 9.17) is 0 Å². The molecule has 3 rings (SSSR count). The summed E-state index contributed by atoms with van der Waals surface area (Å²) < 4.78 is -1.26. The number of benzene rings is 2. The molecule has 0 heterocycles. The van der Waals surface area contributed by atoms with Crippen LogP contribution in [0.15, 0.2) is 48.5 Å². The number of carbonyl (C=O) groups is 2. The summed E-state index contributed by atoms with van der Waals surface area (Å²) in [4.78, 5) is 25.2. The lowest BCUT2D eigenvalue weighted by Crippen LogP contribution is -2.32. The van der Waals surface area contributed by atoms with Gasteiger partial charge in [0.2, 0.25) is 0 Å². The van der Waals surface area contributed by atoms with Crippen molar-refractivity contribution in [2.75, 3.05) is 0 Å². The molecule has 3 heteroatoms. The first-order valence-electron chi connectivity index (χ1n) is 6.00. The third kappa shape index (κ3) is 1.55. The molecule has 0 radical (unpaired) electrons. The predicted molar refractivity (Wildman–Crippen MR) is 76.9 cm³/mol. The van der Waals surface area contributed by atoms with Crippen LogP contribution in [0.25, 0.3) is 0 Å². The van der Waals surface area contributed by atoms with Crippen LogP contribution in [0.5, 0.6) is 0 Å². The van der Waals surface area contributed by atoms with Gasteiger partial charge in [0.1, 0.15) is 0 Å². The number of halogens is 1. The average molecular weight is 315 g/mol. The fraction of sp³-hybridized carbons (Fsp3) is 0.125. The molecule has 2 aromatic rings. The van der Waals surface area contributed by atoms with Crippen molar-refractivity contribution in [3.05, 3.63) is 70.8 Å². The maximum Gasteiger partial charge on any atom is 0.192 e. The maximum atomic E-state index is 12.6. The van der Waals surface area contributed by atoms with Gasteiger partial charge in [-0.05, 0) is 18.1 Å². The number of ketones is 2. The SMILES string of the molecule is Cc1ccccc1C1(Br)C(=O)c2ccccc2C1=O. The van der Waals surface area contributed by atoms with E-state index >= 15 is 0 Å². The van der Waals surface area contributed by atoms with Crippen LogP contribution in [0.1, 0.15) is 31.8 Å². The van der Waals surface area contributed by atoms with E-state index in [1.165, 1.54) is 0 Å². The Bertz CT molecular complexity index is 668. The minimum Gasteiger partial charge on any atom is -0.292 e. The summed E-state index contributed by atoms with van der Waals surface area (Å²) in [6.45, 7) is 1.90. The monoisotopic (exact) mass is 314 g/mol. The topological polar surface area (TPSA) is 34.1 Å². The first-order valence-corrected chi connectivity index (χ1v) is 6.79. The van der Waals surface area contributed by atoms with Crippen molar-refractivity contribution in [2.45, 2.75) is 11.2 Å². The van der Waals surface area contributed by atoms with Gasteiger partial charge in [0, 0.05) is 11.1 Å². The van der Waals surface area contributed by atoms with E-state index in [1.54, 1.807) is 24.3 Å². The molecule has 0 spiro atoms. The Morgan fingerprint density at radius 2 is 1.32 bits per heavy atom. The molecular formula is C16H11BrO2. The number of fused-ring (bicyclic) bond motifs is 1. The van der Waals surface area contributed by atoms with Gasteiger partial charge >= 0.3 is 0 Å². The fourth-order valence-corrected chi connectivity index (χ4v) is 3.43. The Kier molecular flexibility index (Phi) is 2.68. The lowest BCUT2D eigenvalue weighted by molar-refractivity contribution is 0.0871. The van der Waals surface area contributed by atoms with Gasteiger partial charge in [0.15, 0.2) is 15.9 Å². The molecule has 0 saturated heterocycles. The second-order valence-corrected chi connectivity index (χ2v) is 5.87. The zero-order valence-corrected chi connectivity index (χ0v) is 11.9. The lowest BCUT2D eigenvalue weighted by Gasteiger charge is -2.20. The van der Waals surface area contributed by atoms with Crippen molar-refractivity contribution < 1.29 is 9.59 Å². The summed E-state index contributed by atoms with van der Waals surface area (Å²) in [6.07, 6.45) is 0. The first kappa shape index (κ1) is 12.3. The average Bonchev–Trinajstić information content (AvgIpc) is 2.63. The van der Waals surface area contributed by atoms with E-state index in [2.05, 4.69) is 15.9 Å². The molecule has 94 valence electrons. The number of alkyl halides is 1. The normalized spacial score (nSPS) is 16.5. The molecule has 19 heavy (non-hydrogen) atoms. The second kappa shape index (κ2) is 4.14. The Hall–Kier alpha value is -1.74. The highest BCUT2D eigenvalue weighted by Crippen LogP contribution is 2.45. The number of rotatable bonds is 1. The van der Waals surface area contributed by atoms with Gasteiger partial charge in [0.25, 0.3) is 0 Å². The molecule has 2 aromatic carbocycles. The van der Waals surface area contributed by atoms with Gasteiger partial charge < -0.3 is 0 Å². The molecule has 0 aliphatic heterocycles. The van der Waals surface area contributed by atoms with Crippen LogP contribution >= 0.6 is 15.9 Å². The van der Waals surface area contributed by atoms with Crippen molar-refractivity contribution in [1.29, 1.82) is 0 Å². The Labute approximate surface area is 119 Å². The van der Waals surface area contributed by atoms with E-state index < -0.39 is 4.32 Å². The third-order valence-electron chi connectivity index (χ3n) is 3.56. The minimum absolute atomic E-state index is 0.178. The standard InChI is InChI=1S/C16H11BrO2/c1-10-6-2-5-9-13(10)16(17)14(18)11-7-3-4-8-12(11)15(16)19/h2-9H,1H3. The zero-order valence-electron chi connectivity index (χ0n) is 10.3. The highest BCUT2D eigenvalue weighted by atomic mass is 79.9. The minimum atomic E-state index is -1.26. The largest absolute Gasteiger partial charge is 0.292 e. The van der Waals surface area contributed by atoms with Crippen LogP contribution < -0.4 is 0 Å². The smallest absolute Gasteiger partial charge is 0.192 e. The van der Waals surface area contributed by atoms with E-state index in [9.17, 15) is 9.59 Å². The Morgan fingerprint density at radius 1 is 0.842 bits per heavy atom. The predicted octanol–water partition coefficient (Wildman–Crippen LogP) is 3.66. The van der Waals surface area contributed by atoms with Crippen molar-refractivity contribution in [2.24, 2.45) is 0 Å². The second-order valence-electron chi connectivity index (χ2n) is 4.68. The molecule has 2 nitrogen and oxygen atoms in total. The molecule has 0 atom stereocenters. The number of hydrogen-bond donors (Lipinski definition) is 0. The molecule has 0 fully saturated rings. The van der Waals surface area contributed by atoms with Gasteiger partial charge in [-0.25, -0.2) is 0 Å². The summed E-state index contributed by atoms with van der Waals surface area (Å²) in [5.74, 6) is -0.357. The quantitative estimate of drug-likeness (QED) is 0.594. The van der Waals surface area contributed by atoms with Crippen LogP contribution in [-0.4, -0.2) is 11.6 Å². The molecular weight excluding hydrogens is 304 g/mol. The van der Waals surface area contributed by atoms with Crippen LogP contribution in [0.4, 0.5) is 0 Å². The van der Waals surface area contributed by atoms with E-state index in [1.807, 2.05) is 31.2 Å². The van der Waals surface area contributed by atoms with Crippen molar-refractivity contribution in [3.8, 4) is 0 Å². The van der Waals surface area contributed by atoms with Crippen LogP contribution in [0.3, 0.4) is 0 Å². The van der Waals surface area contributed by atoms with Crippen molar-refractivity contribution in [1.82, 2.24) is 0 Å². The summed E-state index contributed by atoms with van der Waals surface area (Å²) in [6, 6.07) is 14.4. The van der Waals surface area contributed by atoms with E-state index in [0.717, 1.165) is 11.1 Å². The first-order chi connectivity index (χ1) is 9.06. The van der Waals surface area contributed by atoms with Gasteiger partial charge in [-0.2, -0.15) is 0 Å². The number of Topliss-reactive ketones (excluding diaryl/α,β-unsaturated/α-hetero) is 2. The van der Waals surface area contributed by atoms with Crippen LogP contribution in [-0.2, 0) is 4.32 Å². The van der Waals surface area contributed by atoms with Gasteiger partial charge in [-0.3, -0.25) is 9.59 Å². The van der Waals surface area contributed by atoms with Crippen LogP contribution in [0, 0.1) is 6.92 Å². The van der Waals surface area contributed by atoms with E-state index in [0.29, 0.717) is 11.1 Å². The van der Waals surface area contributed by atoms with Gasteiger partial charge in [-0.15, -0.1) is 0 Å². The molecule has 0 unspecified atom stereocenters. The molecule has 1 aliphatic carbocycles. The Morgan fingerprint density at radius 3 is 1.84 bits per heavy atom. The van der Waals surface area contributed by atoms with E-state index in [-0.39, 0.29) is 11.6 Å². The van der Waals surface area contributed by atoms with Crippen molar-refractivity contribution in [3.63, 3.8) is 0 Å². The van der Waals surface area contributed by atoms with Crippen molar-refractivity contribution >= 4 is 27.5 Å². The third-order valence-corrected chi connectivity index (χ3v) is 4.71. The van der Waals surface area contributed by atoms with Gasteiger partial charge in [0.05, 0.1) is 0 Å². The lowest BCUT2D eigenvalue weighted by atomic mass is 9.90.